The molecular formula is C23H17F4N3O2. The predicted molar refractivity (Wildman–Crippen MR) is 110 cm³/mol. The SMILES string of the molecule is COc1ccc(-c2cnc(-c3ccc(C(F)(F)F)cc3Oc3ccc(F)cc3C)[nH]2)cn1. The van der Waals surface area contributed by atoms with Crippen molar-refractivity contribution < 1.29 is 27.0 Å². The van der Waals surface area contributed by atoms with Crippen LogP contribution < -0.4 is 9.47 Å². The Morgan fingerprint density at radius 1 is 0.906 bits per heavy atom. The molecular weight excluding hydrogens is 426 g/mol. The van der Waals surface area contributed by atoms with E-state index in [0.29, 0.717) is 34.1 Å². The van der Waals surface area contributed by atoms with E-state index in [1.54, 1.807) is 31.5 Å². The maximum atomic E-state index is 13.4. The lowest BCUT2D eigenvalue weighted by Crippen LogP contribution is -2.05. The van der Waals surface area contributed by atoms with Gasteiger partial charge in [-0.05, 0) is 55.0 Å². The molecule has 0 saturated carbocycles. The van der Waals surface area contributed by atoms with Crippen LogP contribution >= 0.6 is 0 Å². The third-order valence-corrected chi connectivity index (χ3v) is 4.75. The number of pyridine rings is 1. The van der Waals surface area contributed by atoms with Gasteiger partial charge in [0.25, 0.3) is 0 Å². The van der Waals surface area contributed by atoms with Crippen LogP contribution in [0.1, 0.15) is 11.1 Å². The number of hydrogen-bond acceptors (Lipinski definition) is 4. The van der Waals surface area contributed by atoms with Crippen LogP contribution in [0.5, 0.6) is 17.4 Å². The average molecular weight is 443 g/mol. The molecule has 9 heteroatoms. The summed E-state index contributed by atoms with van der Waals surface area (Å²) >= 11 is 0. The summed E-state index contributed by atoms with van der Waals surface area (Å²) in [6, 6.07) is 10.4. The maximum absolute atomic E-state index is 13.4. The molecule has 0 aliphatic carbocycles. The molecule has 0 fully saturated rings. The molecule has 0 spiro atoms. The minimum absolute atomic E-state index is 0.0664. The van der Waals surface area contributed by atoms with Crippen molar-refractivity contribution in [1.82, 2.24) is 15.0 Å². The van der Waals surface area contributed by atoms with Gasteiger partial charge in [-0.25, -0.2) is 14.4 Å². The van der Waals surface area contributed by atoms with Crippen LogP contribution in [0.25, 0.3) is 22.6 Å². The molecule has 0 atom stereocenters. The minimum atomic E-state index is -4.56. The first kappa shape index (κ1) is 21.4. The Labute approximate surface area is 180 Å². The van der Waals surface area contributed by atoms with Gasteiger partial charge in [-0.2, -0.15) is 13.2 Å². The number of rotatable bonds is 5. The Morgan fingerprint density at radius 3 is 2.38 bits per heavy atom. The minimum Gasteiger partial charge on any atom is -0.481 e. The van der Waals surface area contributed by atoms with Gasteiger partial charge >= 0.3 is 6.18 Å². The number of benzene rings is 2. The molecule has 32 heavy (non-hydrogen) atoms. The van der Waals surface area contributed by atoms with E-state index in [1.807, 2.05) is 0 Å². The van der Waals surface area contributed by atoms with Gasteiger partial charge in [-0.15, -0.1) is 0 Å². The second-order valence-electron chi connectivity index (χ2n) is 6.96. The number of methoxy groups -OCH3 is 1. The summed E-state index contributed by atoms with van der Waals surface area (Å²) < 4.78 is 64.2. The molecule has 0 aliphatic rings. The van der Waals surface area contributed by atoms with E-state index in [0.717, 1.165) is 12.1 Å². The molecule has 0 amide bonds. The quantitative estimate of drug-likeness (QED) is 0.362. The number of nitrogens with zero attached hydrogens (tertiary/aromatic N) is 2. The highest BCUT2D eigenvalue weighted by Crippen LogP contribution is 2.39. The van der Waals surface area contributed by atoms with E-state index in [1.165, 1.54) is 31.4 Å². The fourth-order valence-corrected chi connectivity index (χ4v) is 3.09. The molecule has 4 rings (SSSR count). The second-order valence-corrected chi connectivity index (χ2v) is 6.96. The highest BCUT2D eigenvalue weighted by atomic mass is 19.4. The Kier molecular flexibility index (Phi) is 5.56. The summed E-state index contributed by atoms with van der Waals surface area (Å²) in [5.74, 6) is 0.449. The fourth-order valence-electron chi connectivity index (χ4n) is 3.09. The van der Waals surface area contributed by atoms with Gasteiger partial charge in [0.15, 0.2) is 0 Å². The van der Waals surface area contributed by atoms with Crippen molar-refractivity contribution in [2.45, 2.75) is 13.1 Å². The first-order valence-corrected chi connectivity index (χ1v) is 9.45. The Bertz CT molecular complexity index is 1250. The van der Waals surface area contributed by atoms with Crippen LogP contribution in [0.3, 0.4) is 0 Å². The highest BCUT2D eigenvalue weighted by Gasteiger charge is 2.32. The zero-order chi connectivity index (χ0) is 22.9. The van der Waals surface area contributed by atoms with Gasteiger partial charge in [0, 0.05) is 17.8 Å². The summed E-state index contributed by atoms with van der Waals surface area (Å²) in [5, 5.41) is 0. The molecule has 1 N–H and O–H groups in total. The molecule has 4 aromatic rings. The van der Waals surface area contributed by atoms with Crippen molar-refractivity contribution in [1.29, 1.82) is 0 Å². The monoisotopic (exact) mass is 443 g/mol. The van der Waals surface area contributed by atoms with E-state index in [-0.39, 0.29) is 11.5 Å². The molecule has 2 heterocycles. The van der Waals surface area contributed by atoms with Crippen LogP contribution in [0.4, 0.5) is 17.6 Å². The van der Waals surface area contributed by atoms with E-state index in [2.05, 4.69) is 15.0 Å². The van der Waals surface area contributed by atoms with Crippen molar-refractivity contribution in [2.24, 2.45) is 0 Å². The van der Waals surface area contributed by atoms with Gasteiger partial charge in [0.2, 0.25) is 5.88 Å². The highest BCUT2D eigenvalue weighted by molar-refractivity contribution is 5.69. The van der Waals surface area contributed by atoms with Gasteiger partial charge in [0.1, 0.15) is 23.1 Å². The normalized spacial score (nSPS) is 11.4. The van der Waals surface area contributed by atoms with Gasteiger partial charge in [-0.3, -0.25) is 0 Å². The van der Waals surface area contributed by atoms with Crippen LogP contribution in [0, 0.1) is 12.7 Å². The number of aromatic nitrogens is 3. The predicted octanol–water partition coefficient (Wildman–Crippen LogP) is 6.41. The largest absolute Gasteiger partial charge is 0.481 e. The van der Waals surface area contributed by atoms with Gasteiger partial charge < -0.3 is 14.5 Å². The van der Waals surface area contributed by atoms with E-state index >= 15 is 0 Å². The lowest BCUT2D eigenvalue weighted by atomic mass is 10.1. The summed E-state index contributed by atoms with van der Waals surface area (Å²) in [5.41, 5.74) is 1.21. The number of alkyl halides is 3. The Balaban J connectivity index is 1.75. The second kappa shape index (κ2) is 8.33. The molecule has 0 radical (unpaired) electrons. The average Bonchev–Trinajstić information content (AvgIpc) is 3.25. The van der Waals surface area contributed by atoms with Crippen molar-refractivity contribution >= 4 is 0 Å². The van der Waals surface area contributed by atoms with E-state index < -0.39 is 17.6 Å². The molecule has 2 aromatic carbocycles. The first-order valence-electron chi connectivity index (χ1n) is 9.45. The molecule has 5 nitrogen and oxygen atoms in total. The Hall–Kier alpha value is -3.88. The number of aryl methyl sites for hydroxylation is 1. The topological polar surface area (TPSA) is 60.0 Å². The molecule has 0 bridgehead atoms. The molecule has 2 aromatic heterocycles. The maximum Gasteiger partial charge on any atom is 0.416 e. The number of H-pyrrole nitrogens is 1. The Morgan fingerprint density at radius 2 is 1.72 bits per heavy atom. The van der Waals surface area contributed by atoms with Crippen molar-refractivity contribution in [3.05, 3.63) is 77.9 Å². The van der Waals surface area contributed by atoms with E-state index in [9.17, 15) is 17.6 Å². The number of hydrogen-bond donors (Lipinski definition) is 1. The summed E-state index contributed by atoms with van der Waals surface area (Å²) in [6.45, 7) is 1.60. The smallest absolute Gasteiger partial charge is 0.416 e. The van der Waals surface area contributed by atoms with Crippen LogP contribution in [0.2, 0.25) is 0 Å². The molecule has 0 saturated heterocycles. The van der Waals surface area contributed by atoms with Crippen LogP contribution in [-0.2, 0) is 6.18 Å². The lowest BCUT2D eigenvalue weighted by molar-refractivity contribution is -0.137. The van der Waals surface area contributed by atoms with Crippen molar-refractivity contribution in [3.63, 3.8) is 0 Å². The van der Waals surface area contributed by atoms with E-state index in [4.69, 9.17) is 9.47 Å². The van der Waals surface area contributed by atoms with Crippen LogP contribution in [0.15, 0.2) is 60.9 Å². The summed E-state index contributed by atoms with van der Waals surface area (Å²) in [6.07, 6.45) is -1.43. The number of nitrogens with one attached hydrogen (secondary N) is 1. The van der Waals surface area contributed by atoms with Crippen LogP contribution in [-0.4, -0.2) is 22.1 Å². The molecule has 164 valence electrons. The third-order valence-electron chi connectivity index (χ3n) is 4.75. The summed E-state index contributed by atoms with van der Waals surface area (Å²) in [7, 11) is 1.51. The third kappa shape index (κ3) is 4.41. The fraction of sp³-hybridized carbons (Fsp3) is 0.130. The lowest BCUT2D eigenvalue weighted by Gasteiger charge is -2.15. The standard InChI is InChI=1S/C23H17F4N3O2/c1-13-9-16(24)5-7-19(13)32-20-10-15(23(25,26)27)4-6-17(20)22-29-12-18(30-22)14-3-8-21(31-2)28-11-14/h3-12H,1-2H3,(H,29,30). The van der Waals surface area contributed by atoms with Crippen molar-refractivity contribution in [2.75, 3.05) is 7.11 Å². The number of halogens is 4. The number of imidazole rings is 1. The summed E-state index contributed by atoms with van der Waals surface area (Å²) in [4.78, 5) is 11.5. The molecule has 0 unspecified atom stereocenters. The molecule has 0 aliphatic heterocycles. The van der Waals surface area contributed by atoms with Gasteiger partial charge in [-0.1, -0.05) is 0 Å². The zero-order valence-corrected chi connectivity index (χ0v) is 17.0. The number of ether oxygens (including phenoxy) is 2. The number of aromatic amines is 1. The van der Waals surface area contributed by atoms with Crippen molar-refractivity contribution in [3.8, 4) is 40.0 Å². The zero-order valence-electron chi connectivity index (χ0n) is 17.0. The first-order chi connectivity index (χ1) is 15.2. The van der Waals surface area contributed by atoms with Gasteiger partial charge in [0.05, 0.1) is 30.1 Å².